The lowest BCUT2D eigenvalue weighted by Crippen LogP contribution is -2.35. The van der Waals surface area contributed by atoms with Crippen LogP contribution in [0, 0.1) is 0 Å². The van der Waals surface area contributed by atoms with Crippen molar-refractivity contribution in [3.05, 3.63) is 35.8 Å². The molecule has 2 aromatic rings. The number of rotatable bonds is 5. The summed E-state index contributed by atoms with van der Waals surface area (Å²) >= 11 is 0. The summed E-state index contributed by atoms with van der Waals surface area (Å²) in [6, 6.07) is 4.15. The number of nitrogens with one attached hydrogen (secondary N) is 1. The van der Waals surface area contributed by atoms with Gasteiger partial charge in [-0.1, -0.05) is 6.92 Å². The molecule has 0 aliphatic carbocycles. The summed E-state index contributed by atoms with van der Waals surface area (Å²) in [7, 11) is 0. The fraction of sp³-hybridized carbons (Fsp3) is 0.571. The molecule has 2 aromatic heterocycles. The maximum absolute atomic E-state index is 5.54. The maximum Gasteiger partial charge on any atom is 0.236 e. The van der Waals surface area contributed by atoms with Gasteiger partial charge < -0.3 is 14.3 Å². The SMILES string of the molecule is CCc1nnc(Cn2cccc2CNC(C)(C)C)o1. The molecule has 2 rings (SSSR count). The average Bonchev–Trinajstić information content (AvgIpc) is 2.95. The molecule has 5 heteroatoms. The Hall–Kier alpha value is -1.62. The first-order valence-electron chi connectivity index (χ1n) is 6.68. The normalized spacial score (nSPS) is 12.0. The van der Waals surface area contributed by atoms with Crippen molar-refractivity contribution in [2.75, 3.05) is 0 Å². The lowest BCUT2D eigenvalue weighted by molar-refractivity contribution is 0.409. The molecule has 0 aromatic carbocycles. The van der Waals surface area contributed by atoms with Crippen molar-refractivity contribution in [1.82, 2.24) is 20.1 Å². The van der Waals surface area contributed by atoms with Gasteiger partial charge in [-0.25, -0.2) is 0 Å². The standard InChI is InChI=1S/C14H22N4O/c1-5-12-16-17-13(19-12)10-18-8-6-7-11(18)9-15-14(2,3)4/h6-8,15H,5,9-10H2,1-4H3. The molecule has 0 aliphatic rings. The highest BCUT2D eigenvalue weighted by atomic mass is 16.4. The quantitative estimate of drug-likeness (QED) is 0.898. The van der Waals surface area contributed by atoms with Gasteiger partial charge in [0.25, 0.3) is 0 Å². The molecule has 0 aliphatic heterocycles. The summed E-state index contributed by atoms with van der Waals surface area (Å²) in [6.45, 7) is 9.93. The molecule has 0 saturated heterocycles. The summed E-state index contributed by atoms with van der Waals surface area (Å²) in [5, 5.41) is 11.5. The van der Waals surface area contributed by atoms with Gasteiger partial charge in [0.1, 0.15) is 6.54 Å². The Labute approximate surface area is 114 Å². The van der Waals surface area contributed by atoms with E-state index in [0.717, 1.165) is 13.0 Å². The lowest BCUT2D eigenvalue weighted by Gasteiger charge is -2.21. The van der Waals surface area contributed by atoms with Gasteiger partial charge in [-0.15, -0.1) is 10.2 Å². The number of hydrogen-bond acceptors (Lipinski definition) is 4. The Balaban J connectivity index is 2.03. The summed E-state index contributed by atoms with van der Waals surface area (Å²) in [4.78, 5) is 0. The van der Waals surface area contributed by atoms with Crippen molar-refractivity contribution in [1.29, 1.82) is 0 Å². The van der Waals surface area contributed by atoms with Gasteiger partial charge in [0, 0.05) is 30.4 Å². The van der Waals surface area contributed by atoms with Gasteiger partial charge >= 0.3 is 0 Å². The van der Waals surface area contributed by atoms with Gasteiger partial charge in [-0.3, -0.25) is 0 Å². The first-order chi connectivity index (χ1) is 8.98. The van der Waals surface area contributed by atoms with Crippen molar-refractivity contribution in [3.63, 3.8) is 0 Å². The average molecular weight is 262 g/mol. The van der Waals surface area contributed by atoms with Crippen LogP contribution in [0.1, 0.15) is 45.2 Å². The fourth-order valence-corrected chi connectivity index (χ4v) is 1.76. The van der Waals surface area contributed by atoms with Crippen molar-refractivity contribution in [3.8, 4) is 0 Å². The molecule has 0 amide bonds. The molecule has 0 saturated carbocycles. The highest BCUT2D eigenvalue weighted by Gasteiger charge is 2.11. The zero-order valence-corrected chi connectivity index (χ0v) is 12.1. The van der Waals surface area contributed by atoms with Crippen LogP contribution in [-0.4, -0.2) is 20.3 Å². The third-order valence-corrected chi connectivity index (χ3v) is 2.84. The Morgan fingerprint density at radius 1 is 1.26 bits per heavy atom. The van der Waals surface area contributed by atoms with Crippen LogP contribution >= 0.6 is 0 Å². The Bertz CT molecular complexity index is 522. The zero-order valence-electron chi connectivity index (χ0n) is 12.1. The smallest absolute Gasteiger partial charge is 0.236 e. The summed E-state index contributed by atoms with van der Waals surface area (Å²) in [5.41, 5.74) is 1.32. The number of nitrogens with zero attached hydrogens (tertiary/aromatic N) is 3. The van der Waals surface area contributed by atoms with E-state index in [4.69, 9.17) is 4.42 Å². The molecule has 104 valence electrons. The van der Waals surface area contributed by atoms with Crippen LogP contribution < -0.4 is 5.32 Å². The predicted molar refractivity (Wildman–Crippen MR) is 73.8 cm³/mol. The van der Waals surface area contributed by atoms with E-state index in [-0.39, 0.29) is 5.54 Å². The van der Waals surface area contributed by atoms with Crippen LogP contribution in [-0.2, 0) is 19.5 Å². The second-order valence-electron chi connectivity index (χ2n) is 5.67. The largest absolute Gasteiger partial charge is 0.423 e. The molecule has 0 atom stereocenters. The predicted octanol–water partition coefficient (Wildman–Crippen LogP) is 2.37. The van der Waals surface area contributed by atoms with E-state index in [0.29, 0.717) is 18.3 Å². The minimum Gasteiger partial charge on any atom is -0.423 e. The lowest BCUT2D eigenvalue weighted by atomic mass is 10.1. The maximum atomic E-state index is 5.54. The number of aromatic nitrogens is 3. The summed E-state index contributed by atoms with van der Waals surface area (Å²) in [5.74, 6) is 1.35. The van der Waals surface area contributed by atoms with Crippen LogP contribution in [0.3, 0.4) is 0 Å². The Kier molecular flexibility index (Phi) is 4.04. The molecular formula is C14H22N4O. The first-order valence-corrected chi connectivity index (χ1v) is 6.68. The Morgan fingerprint density at radius 2 is 2.00 bits per heavy atom. The van der Waals surface area contributed by atoms with Crippen LogP contribution in [0.5, 0.6) is 0 Å². The highest BCUT2D eigenvalue weighted by Crippen LogP contribution is 2.09. The minimum absolute atomic E-state index is 0.106. The number of aryl methyl sites for hydroxylation is 1. The molecule has 0 radical (unpaired) electrons. The molecule has 19 heavy (non-hydrogen) atoms. The highest BCUT2D eigenvalue weighted by molar-refractivity contribution is 5.08. The third-order valence-electron chi connectivity index (χ3n) is 2.84. The van der Waals surface area contributed by atoms with Crippen LogP contribution in [0.2, 0.25) is 0 Å². The molecule has 2 heterocycles. The van der Waals surface area contributed by atoms with E-state index in [1.54, 1.807) is 0 Å². The van der Waals surface area contributed by atoms with E-state index in [1.807, 2.05) is 19.2 Å². The van der Waals surface area contributed by atoms with Gasteiger partial charge in [0.2, 0.25) is 11.8 Å². The van der Waals surface area contributed by atoms with E-state index < -0.39 is 0 Å². The van der Waals surface area contributed by atoms with E-state index in [9.17, 15) is 0 Å². The third kappa shape index (κ3) is 3.92. The van der Waals surface area contributed by atoms with Crippen LogP contribution in [0.25, 0.3) is 0 Å². The molecule has 5 nitrogen and oxygen atoms in total. The number of hydrogen-bond donors (Lipinski definition) is 1. The van der Waals surface area contributed by atoms with Crippen molar-refractivity contribution < 1.29 is 4.42 Å². The van der Waals surface area contributed by atoms with E-state index in [1.165, 1.54) is 5.69 Å². The molecule has 0 fully saturated rings. The van der Waals surface area contributed by atoms with E-state index in [2.05, 4.69) is 46.9 Å². The monoisotopic (exact) mass is 262 g/mol. The van der Waals surface area contributed by atoms with Gasteiger partial charge in [-0.05, 0) is 32.9 Å². The first kappa shape index (κ1) is 13.8. The van der Waals surface area contributed by atoms with Crippen LogP contribution in [0.4, 0.5) is 0 Å². The van der Waals surface area contributed by atoms with Crippen LogP contribution in [0.15, 0.2) is 22.7 Å². The summed E-state index contributed by atoms with van der Waals surface area (Å²) < 4.78 is 7.67. The molecule has 0 unspecified atom stereocenters. The van der Waals surface area contributed by atoms with Gasteiger partial charge in [0.05, 0.1) is 0 Å². The van der Waals surface area contributed by atoms with Crippen molar-refractivity contribution in [2.45, 2.75) is 52.7 Å². The van der Waals surface area contributed by atoms with Crippen molar-refractivity contribution in [2.24, 2.45) is 0 Å². The van der Waals surface area contributed by atoms with Gasteiger partial charge in [-0.2, -0.15) is 0 Å². The summed E-state index contributed by atoms with van der Waals surface area (Å²) in [6.07, 6.45) is 2.81. The Morgan fingerprint density at radius 3 is 2.63 bits per heavy atom. The second-order valence-corrected chi connectivity index (χ2v) is 5.67. The molecule has 0 bridgehead atoms. The molecular weight excluding hydrogens is 240 g/mol. The fourth-order valence-electron chi connectivity index (χ4n) is 1.76. The van der Waals surface area contributed by atoms with Gasteiger partial charge in [0.15, 0.2) is 0 Å². The molecule has 0 spiro atoms. The molecule has 1 N–H and O–H groups in total. The zero-order chi connectivity index (χ0) is 13.9. The minimum atomic E-state index is 0.106. The topological polar surface area (TPSA) is 55.9 Å². The second kappa shape index (κ2) is 5.57. The van der Waals surface area contributed by atoms with E-state index >= 15 is 0 Å². The van der Waals surface area contributed by atoms with Crippen molar-refractivity contribution >= 4 is 0 Å².